The van der Waals surface area contributed by atoms with Crippen LogP contribution in [0.1, 0.15) is 37.4 Å². The summed E-state index contributed by atoms with van der Waals surface area (Å²) in [6.07, 6.45) is 0.236. The molecule has 1 aliphatic heterocycles. The van der Waals surface area contributed by atoms with Gasteiger partial charge in [-0.15, -0.1) is 0 Å². The molecule has 0 radical (unpaired) electrons. The first-order valence-corrected chi connectivity index (χ1v) is 10.9. The summed E-state index contributed by atoms with van der Waals surface area (Å²) in [6.45, 7) is 5.86. The van der Waals surface area contributed by atoms with Crippen molar-refractivity contribution in [1.29, 1.82) is 0 Å². The van der Waals surface area contributed by atoms with E-state index in [1.807, 2.05) is 45.0 Å². The lowest BCUT2D eigenvalue weighted by Crippen LogP contribution is -2.31. The van der Waals surface area contributed by atoms with Gasteiger partial charge in [0.05, 0.1) is 28.9 Å². The molecule has 31 heavy (non-hydrogen) atoms. The number of hydrogen-bond donors (Lipinski definition) is 1. The molecule has 0 saturated heterocycles. The molecular formula is C24H24N2O4S. The van der Waals surface area contributed by atoms with Crippen LogP contribution in [-0.4, -0.2) is 28.9 Å². The van der Waals surface area contributed by atoms with Crippen LogP contribution in [0.15, 0.2) is 53.8 Å². The normalized spacial score (nSPS) is 16.6. The summed E-state index contributed by atoms with van der Waals surface area (Å²) in [7, 11) is 1.56. The van der Waals surface area contributed by atoms with Crippen molar-refractivity contribution in [2.24, 2.45) is 5.92 Å². The van der Waals surface area contributed by atoms with Crippen molar-refractivity contribution in [1.82, 2.24) is 4.98 Å². The minimum atomic E-state index is -0.768. The van der Waals surface area contributed by atoms with Crippen LogP contribution in [0, 0.1) is 12.8 Å². The highest BCUT2D eigenvalue weighted by atomic mass is 32.1. The Bertz CT molecular complexity index is 1210. The van der Waals surface area contributed by atoms with Gasteiger partial charge >= 0.3 is 0 Å². The fourth-order valence-corrected chi connectivity index (χ4v) is 4.91. The van der Waals surface area contributed by atoms with E-state index in [-0.39, 0.29) is 23.7 Å². The van der Waals surface area contributed by atoms with Gasteiger partial charge in [0.1, 0.15) is 5.75 Å². The van der Waals surface area contributed by atoms with Crippen LogP contribution in [0.5, 0.6) is 5.75 Å². The van der Waals surface area contributed by atoms with Crippen molar-refractivity contribution in [3.63, 3.8) is 0 Å². The molecule has 0 fully saturated rings. The van der Waals surface area contributed by atoms with Gasteiger partial charge in [-0.25, -0.2) is 4.98 Å². The van der Waals surface area contributed by atoms with Gasteiger partial charge < -0.3 is 9.84 Å². The van der Waals surface area contributed by atoms with Crippen molar-refractivity contribution in [3.8, 4) is 5.75 Å². The van der Waals surface area contributed by atoms with Crippen LogP contribution >= 0.6 is 11.3 Å². The molecule has 0 saturated carbocycles. The average molecular weight is 437 g/mol. The number of rotatable bonds is 6. The molecule has 0 aliphatic carbocycles. The molecule has 6 nitrogen and oxygen atoms in total. The highest BCUT2D eigenvalue weighted by Gasteiger charge is 2.45. The van der Waals surface area contributed by atoms with Gasteiger partial charge in [-0.1, -0.05) is 43.4 Å². The summed E-state index contributed by atoms with van der Waals surface area (Å²) < 4.78 is 6.29. The van der Waals surface area contributed by atoms with Crippen molar-refractivity contribution in [3.05, 3.63) is 64.9 Å². The van der Waals surface area contributed by atoms with E-state index in [9.17, 15) is 14.7 Å². The monoisotopic (exact) mass is 436 g/mol. The van der Waals surface area contributed by atoms with Crippen LogP contribution in [-0.2, 0) is 9.59 Å². The number of Topliss-reactive ketones (excluding diaryl/α,β-unsaturated/α-hetero) is 1. The molecule has 2 heterocycles. The number of fused-ring (bicyclic) bond motifs is 1. The number of thiazole rings is 1. The van der Waals surface area contributed by atoms with Crippen molar-refractivity contribution in [2.45, 2.75) is 33.2 Å². The number of aromatic nitrogens is 1. The summed E-state index contributed by atoms with van der Waals surface area (Å²) >= 11 is 1.36. The maximum atomic E-state index is 13.2. The summed E-state index contributed by atoms with van der Waals surface area (Å²) in [4.78, 5) is 32.4. The lowest BCUT2D eigenvalue weighted by molar-refractivity contribution is -0.118. The van der Waals surface area contributed by atoms with Crippen LogP contribution in [0.2, 0.25) is 0 Å². The number of carbonyl (C=O) groups excluding carboxylic acids is 2. The van der Waals surface area contributed by atoms with E-state index in [1.54, 1.807) is 25.3 Å². The molecule has 1 N–H and O–H groups in total. The predicted molar refractivity (Wildman–Crippen MR) is 122 cm³/mol. The third kappa shape index (κ3) is 3.81. The maximum Gasteiger partial charge on any atom is 0.296 e. The minimum Gasteiger partial charge on any atom is -0.503 e. The molecule has 1 atom stereocenters. The second-order valence-electron chi connectivity index (χ2n) is 8.11. The topological polar surface area (TPSA) is 79.7 Å². The van der Waals surface area contributed by atoms with E-state index < -0.39 is 17.7 Å². The van der Waals surface area contributed by atoms with E-state index in [4.69, 9.17) is 4.74 Å². The van der Waals surface area contributed by atoms with Gasteiger partial charge in [-0.3, -0.25) is 14.5 Å². The van der Waals surface area contributed by atoms with Crippen LogP contribution < -0.4 is 9.64 Å². The molecule has 0 bridgehead atoms. The number of benzene rings is 2. The number of amides is 1. The van der Waals surface area contributed by atoms with Crippen LogP contribution in [0.25, 0.3) is 10.2 Å². The Hall–Kier alpha value is -3.19. The molecule has 2 aromatic carbocycles. The fraction of sp³-hybridized carbons (Fsp3) is 0.292. The molecule has 1 amide bonds. The maximum absolute atomic E-state index is 13.2. The summed E-state index contributed by atoms with van der Waals surface area (Å²) in [6, 6.07) is 12.3. The van der Waals surface area contributed by atoms with Gasteiger partial charge in [0.15, 0.2) is 16.7 Å². The second-order valence-corrected chi connectivity index (χ2v) is 9.11. The molecular weight excluding hydrogens is 412 g/mol. The number of aliphatic hydroxyl groups is 1. The van der Waals surface area contributed by atoms with Gasteiger partial charge in [0.2, 0.25) is 0 Å². The van der Waals surface area contributed by atoms with E-state index in [0.29, 0.717) is 16.4 Å². The Balaban J connectivity index is 1.88. The number of ether oxygens (including phenoxy) is 1. The first-order valence-electron chi connectivity index (χ1n) is 10.1. The lowest BCUT2D eigenvalue weighted by Gasteiger charge is -2.25. The van der Waals surface area contributed by atoms with Crippen LogP contribution in [0.4, 0.5) is 5.13 Å². The molecule has 4 rings (SSSR count). The quantitative estimate of drug-likeness (QED) is 0.580. The van der Waals surface area contributed by atoms with Gasteiger partial charge in [-0.05, 0) is 48.2 Å². The molecule has 1 unspecified atom stereocenters. The number of aryl methyl sites for hydroxylation is 1. The largest absolute Gasteiger partial charge is 0.503 e. The number of anilines is 1. The minimum absolute atomic E-state index is 0.0911. The Morgan fingerprint density at radius 2 is 2.03 bits per heavy atom. The molecule has 3 aromatic rings. The van der Waals surface area contributed by atoms with Gasteiger partial charge in [-0.2, -0.15) is 0 Å². The van der Waals surface area contributed by atoms with Gasteiger partial charge in [0, 0.05) is 6.42 Å². The zero-order chi connectivity index (χ0) is 22.3. The standard InChI is InChI=1S/C24H24N2O4S/c1-13(2)10-18(27)20-21(15-6-5-7-16(12-15)30-4)26(23(29)22(20)28)24-25-17-9-8-14(3)11-19(17)31-24/h5-9,11-13,21,28H,10H2,1-4H3. The Kier molecular flexibility index (Phi) is 5.54. The molecule has 0 spiro atoms. The smallest absolute Gasteiger partial charge is 0.296 e. The predicted octanol–water partition coefficient (Wildman–Crippen LogP) is 5.13. The molecule has 1 aromatic heterocycles. The van der Waals surface area contributed by atoms with E-state index >= 15 is 0 Å². The van der Waals surface area contributed by atoms with Crippen molar-refractivity contribution < 1.29 is 19.4 Å². The zero-order valence-electron chi connectivity index (χ0n) is 17.9. The summed E-state index contributed by atoms with van der Waals surface area (Å²) in [5, 5.41) is 11.2. The third-order valence-corrected chi connectivity index (χ3v) is 6.27. The van der Waals surface area contributed by atoms with Crippen LogP contribution in [0.3, 0.4) is 0 Å². The number of methoxy groups -OCH3 is 1. The van der Waals surface area contributed by atoms with E-state index in [0.717, 1.165) is 15.8 Å². The van der Waals surface area contributed by atoms with E-state index in [2.05, 4.69) is 4.98 Å². The SMILES string of the molecule is COc1cccc(C2C(C(=O)CC(C)C)=C(O)C(=O)N2c2nc3ccc(C)cc3s2)c1. The fourth-order valence-electron chi connectivity index (χ4n) is 3.82. The number of ketones is 1. The second kappa shape index (κ2) is 8.15. The first kappa shape index (κ1) is 21.1. The number of nitrogens with zero attached hydrogens (tertiary/aromatic N) is 2. The van der Waals surface area contributed by atoms with Gasteiger partial charge in [0.25, 0.3) is 5.91 Å². The first-order chi connectivity index (χ1) is 14.8. The molecule has 160 valence electrons. The highest BCUT2D eigenvalue weighted by Crippen LogP contribution is 2.44. The molecule has 1 aliphatic rings. The zero-order valence-corrected chi connectivity index (χ0v) is 18.7. The lowest BCUT2D eigenvalue weighted by atomic mass is 9.92. The third-order valence-electron chi connectivity index (χ3n) is 5.25. The van der Waals surface area contributed by atoms with E-state index in [1.165, 1.54) is 16.2 Å². The number of hydrogen-bond acceptors (Lipinski definition) is 6. The summed E-state index contributed by atoms with van der Waals surface area (Å²) in [5.41, 5.74) is 2.65. The highest BCUT2D eigenvalue weighted by molar-refractivity contribution is 7.22. The summed E-state index contributed by atoms with van der Waals surface area (Å²) in [5.74, 6) is -0.669. The number of carbonyl (C=O) groups is 2. The molecule has 7 heteroatoms. The average Bonchev–Trinajstić information content (AvgIpc) is 3.25. The van der Waals surface area contributed by atoms with Crippen molar-refractivity contribution in [2.75, 3.05) is 12.0 Å². The number of aliphatic hydroxyl groups excluding tert-OH is 1. The Morgan fingerprint density at radius 3 is 2.74 bits per heavy atom. The Morgan fingerprint density at radius 1 is 1.26 bits per heavy atom. The Labute approximate surface area is 184 Å². The van der Waals surface area contributed by atoms with Crippen molar-refractivity contribution >= 4 is 38.4 Å².